The quantitative estimate of drug-likeness (QED) is 0.203. The number of nitrogens with zero attached hydrogens (tertiary/aromatic N) is 6. The van der Waals surface area contributed by atoms with Crippen molar-refractivity contribution in [2.45, 2.75) is 56.8 Å². The molecule has 0 saturated carbocycles. The highest BCUT2D eigenvalue weighted by molar-refractivity contribution is 6.33. The first-order valence-corrected chi connectivity index (χ1v) is 17.4. The molecule has 4 heterocycles. The number of aromatic nitrogens is 5. The third-order valence-corrected chi connectivity index (χ3v) is 10.5. The van der Waals surface area contributed by atoms with Crippen LogP contribution in [0, 0.1) is 0 Å². The maximum absolute atomic E-state index is 14.6. The fourth-order valence-corrected chi connectivity index (χ4v) is 8.01. The van der Waals surface area contributed by atoms with Crippen LogP contribution in [0.3, 0.4) is 0 Å². The molecule has 2 aromatic carbocycles. The van der Waals surface area contributed by atoms with Crippen LogP contribution < -0.4 is 21.1 Å². The van der Waals surface area contributed by atoms with E-state index in [2.05, 4.69) is 25.6 Å². The molecule has 2 aliphatic rings. The van der Waals surface area contributed by atoms with Crippen LogP contribution in [0.2, 0.25) is 5.02 Å². The predicted octanol–water partition coefficient (Wildman–Crippen LogP) is 5.82. The molecule has 16 heteroatoms. The topological polar surface area (TPSA) is 136 Å². The summed E-state index contributed by atoms with van der Waals surface area (Å²) in [6.45, 7) is 3.20. The van der Waals surface area contributed by atoms with Crippen LogP contribution in [0.5, 0.6) is 0 Å². The molecule has 1 spiro atoms. The highest BCUT2D eigenvalue weighted by atomic mass is 35.5. The zero-order valence-electron chi connectivity index (χ0n) is 29.1. The number of alkyl halides is 3. The molecule has 1 atom stereocenters. The number of methoxy groups -OCH3 is 1. The average molecular weight is 749 g/mol. The highest BCUT2D eigenvalue weighted by Crippen LogP contribution is 2.51. The number of anilines is 2. The van der Waals surface area contributed by atoms with Gasteiger partial charge in [-0.2, -0.15) is 22.7 Å². The van der Waals surface area contributed by atoms with Crippen molar-refractivity contribution in [2.75, 3.05) is 37.5 Å². The van der Waals surface area contributed by atoms with Crippen LogP contribution in [-0.2, 0) is 34.3 Å². The summed E-state index contributed by atoms with van der Waals surface area (Å²) in [5.74, 6) is -0.520. The standard InChI is InChI=1S/C37H36ClF3N8O4/c1-21-17-36(11-14-47(15-12-36)28-18-43-13-10-25(28)33(51)42-2)30-31(21)48(19-29(50)44-27-9-8-24(16-26(27)38)37(39,40)41)35-45-32(46-49(35)34(30)52)23-6-4-22(5-7-23)20-53-3/h4-10,13,16,18,21H,11-12,14-15,17,19-20H2,1-3H3,(H,42,51)(H,44,50). The van der Waals surface area contributed by atoms with Gasteiger partial charge in [-0.1, -0.05) is 42.8 Å². The second-order valence-corrected chi connectivity index (χ2v) is 13.9. The van der Waals surface area contributed by atoms with Crippen LogP contribution >= 0.6 is 11.6 Å². The van der Waals surface area contributed by atoms with Crippen molar-refractivity contribution in [1.82, 2.24) is 29.5 Å². The lowest BCUT2D eigenvalue weighted by Crippen LogP contribution is -2.45. The fraction of sp³-hybridized carbons (Fsp3) is 0.351. The molecule has 1 unspecified atom stereocenters. The number of carbonyl (C=O) groups is 2. The number of hydrogen-bond acceptors (Lipinski definition) is 8. The summed E-state index contributed by atoms with van der Waals surface area (Å²) in [6.07, 6.45) is 0.450. The van der Waals surface area contributed by atoms with Crippen molar-refractivity contribution in [3.63, 3.8) is 0 Å². The number of nitrogens with one attached hydrogen (secondary N) is 2. The minimum atomic E-state index is -4.60. The van der Waals surface area contributed by atoms with Gasteiger partial charge in [0.15, 0.2) is 5.82 Å². The number of pyridine rings is 1. The molecule has 53 heavy (non-hydrogen) atoms. The lowest BCUT2D eigenvalue weighted by atomic mass is 9.73. The van der Waals surface area contributed by atoms with E-state index in [-0.39, 0.29) is 46.2 Å². The molecule has 1 aliphatic heterocycles. The van der Waals surface area contributed by atoms with E-state index in [1.165, 1.54) is 4.52 Å². The molecule has 7 rings (SSSR count). The maximum Gasteiger partial charge on any atom is 0.416 e. The zero-order valence-corrected chi connectivity index (χ0v) is 29.9. The van der Waals surface area contributed by atoms with Crippen molar-refractivity contribution in [1.29, 1.82) is 0 Å². The van der Waals surface area contributed by atoms with Crippen LogP contribution in [0.15, 0.2) is 65.7 Å². The summed E-state index contributed by atoms with van der Waals surface area (Å²) >= 11 is 6.18. The minimum absolute atomic E-state index is 0.0140. The Morgan fingerprint density at radius 1 is 1.09 bits per heavy atom. The van der Waals surface area contributed by atoms with Crippen molar-refractivity contribution in [3.8, 4) is 11.4 Å². The lowest BCUT2D eigenvalue weighted by Gasteiger charge is -2.41. The summed E-state index contributed by atoms with van der Waals surface area (Å²) in [6, 6.07) is 11.8. The molecule has 3 aromatic heterocycles. The number of piperidine rings is 1. The van der Waals surface area contributed by atoms with E-state index < -0.39 is 23.1 Å². The van der Waals surface area contributed by atoms with Crippen molar-refractivity contribution >= 4 is 40.6 Å². The smallest absolute Gasteiger partial charge is 0.380 e. The molecule has 2 amide bonds. The molecular weight excluding hydrogens is 713 g/mol. The third-order valence-electron chi connectivity index (χ3n) is 10.2. The first-order valence-electron chi connectivity index (χ1n) is 17.0. The number of hydrogen-bond donors (Lipinski definition) is 2. The SMILES string of the molecule is CNC(=O)c1ccncc1N1CCC2(CC1)CC(C)c1c2c(=O)n2nc(-c3ccc(COC)cc3)nc2n1CC(=O)Nc1ccc(C(F)(F)F)cc1Cl. The Bertz CT molecular complexity index is 2280. The van der Waals surface area contributed by atoms with E-state index in [9.17, 15) is 27.6 Å². The minimum Gasteiger partial charge on any atom is -0.380 e. The van der Waals surface area contributed by atoms with Crippen LogP contribution in [0.25, 0.3) is 17.2 Å². The van der Waals surface area contributed by atoms with Crippen LogP contribution in [-0.4, -0.2) is 63.2 Å². The molecular formula is C37H36ClF3N8O4. The number of benzene rings is 2. The summed E-state index contributed by atoms with van der Waals surface area (Å²) in [5, 5.41) is 9.71. The van der Waals surface area contributed by atoms with Gasteiger partial charge in [-0.05, 0) is 55.0 Å². The number of fused-ring (bicyclic) bond motifs is 3. The van der Waals surface area contributed by atoms with Gasteiger partial charge in [-0.25, -0.2) is 0 Å². The number of halogens is 4. The molecule has 276 valence electrons. The fourth-order valence-electron chi connectivity index (χ4n) is 7.78. The molecule has 0 bridgehead atoms. The second kappa shape index (κ2) is 13.9. The summed E-state index contributed by atoms with van der Waals surface area (Å²) in [4.78, 5) is 52.1. The molecule has 2 N–H and O–H groups in total. The Morgan fingerprint density at radius 2 is 1.83 bits per heavy atom. The van der Waals surface area contributed by atoms with Gasteiger partial charge in [0, 0.05) is 55.7 Å². The Labute approximate surface area is 306 Å². The summed E-state index contributed by atoms with van der Waals surface area (Å²) in [7, 11) is 3.18. The zero-order chi connectivity index (χ0) is 37.7. The Hall–Kier alpha value is -5.28. The Kier molecular flexibility index (Phi) is 9.49. The predicted molar refractivity (Wildman–Crippen MR) is 192 cm³/mol. The van der Waals surface area contributed by atoms with E-state index in [0.29, 0.717) is 67.0 Å². The summed E-state index contributed by atoms with van der Waals surface area (Å²) < 4.78 is 48.0. The summed E-state index contributed by atoms with van der Waals surface area (Å²) in [5.41, 5.74) is 2.21. The van der Waals surface area contributed by atoms with Gasteiger partial charge in [-0.3, -0.25) is 19.4 Å². The number of carbonyl (C=O) groups excluding carboxylic acids is 2. The van der Waals surface area contributed by atoms with Gasteiger partial charge in [0.25, 0.3) is 11.5 Å². The van der Waals surface area contributed by atoms with Gasteiger partial charge in [-0.15, -0.1) is 5.10 Å². The first kappa shape index (κ1) is 36.1. The van der Waals surface area contributed by atoms with E-state index in [1.807, 2.05) is 31.2 Å². The number of rotatable bonds is 8. The van der Waals surface area contributed by atoms with Crippen LogP contribution in [0.1, 0.15) is 64.8 Å². The van der Waals surface area contributed by atoms with Gasteiger partial charge >= 0.3 is 6.18 Å². The molecule has 0 radical (unpaired) electrons. The van der Waals surface area contributed by atoms with E-state index in [0.717, 1.165) is 23.8 Å². The second-order valence-electron chi connectivity index (χ2n) is 13.5. The normalized spacial score (nSPS) is 16.6. The van der Waals surface area contributed by atoms with E-state index in [4.69, 9.17) is 21.3 Å². The molecule has 1 saturated heterocycles. The molecule has 12 nitrogen and oxygen atoms in total. The average Bonchev–Trinajstić information content (AvgIpc) is 3.71. The third kappa shape index (κ3) is 6.63. The van der Waals surface area contributed by atoms with Crippen molar-refractivity contribution in [3.05, 3.63) is 104 Å². The van der Waals surface area contributed by atoms with Gasteiger partial charge < -0.3 is 24.8 Å². The van der Waals surface area contributed by atoms with E-state index >= 15 is 0 Å². The van der Waals surface area contributed by atoms with Crippen molar-refractivity contribution < 1.29 is 27.5 Å². The van der Waals surface area contributed by atoms with Crippen LogP contribution in [0.4, 0.5) is 24.5 Å². The Balaban J connectivity index is 1.29. The largest absolute Gasteiger partial charge is 0.416 e. The first-order chi connectivity index (χ1) is 25.3. The maximum atomic E-state index is 14.6. The lowest BCUT2D eigenvalue weighted by molar-refractivity contribution is -0.137. The van der Waals surface area contributed by atoms with Crippen molar-refractivity contribution in [2.24, 2.45) is 0 Å². The van der Waals surface area contributed by atoms with E-state index in [1.54, 1.807) is 37.2 Å². The Morgan fingerprint density at radius 3 is 2.49 bits per heavy atom. The monoisotopic (exact) mass is 748 g/mol. The molecule has 1 fully saturated rings. The number of amides is 2. The number of ether oxygens (including phenoxy) is 1. The highest BCUT2D eigenvalue weighted by Gasteiger charge is 2.49. The molecule has 1 aliphatic carbocycles. The van der Waals surface area contributed by atoms with Gasteiger partial charge in [0.2, 0.25) is 11.7 Å². The molecule has 5 aromatic rings. The van der Waals surface area contributed by atoms with Gasteiger partial charge in [0.05, 0.1) is 40.3 Å². The van der Waals surface area contributed by atoms with Gasteiger partial charge in [0.1, 0.15) is 6.54 Å².